The Morgan fingerprint density at radius 2 is 1.17 bits per heavy atom. The van der Waals surface area contributed by atoms with E-state index in [1.165, 1.54) is 17.3 Å². The fourth-order valence-electron chi connectivity index (χ4n) is 4.47. The summed E-state index contributed by atoms with van der Waals surface area (Å²) < 4.78 is 2.03. The molecule has 0 saturated heterocycles. The summed E-state index contributed by atoms with van der Waals surface area (Å²) in [6, 6.07) is 28.8. The van der Waals surface area contributed by atoms with E-state index in [0.29, 0.717) is 11.0 Å². The molecule has 8 nitrogen and oxygen atoms in total. The van der Waals surface area contributed by atoms with Gasteiger partial charge in [0.15, 0.2) is 5.82 Å². The zero-order chi connectivity index (χ0) is 28.6. The molecule has 0 fully saturated rings. The standard InChI is InChI=1S/C20H19N5.C12H12ClN3/c1-14(16-8-4-3-5-9-16)22-19-12-21-13-20(24-19)25-15(2)23-17-10-6-7-11-18(17)25;1-9(10-5-3-2-4-6-10)15-12-8-14-7-11(13)16-12/h3-14H,1-2H3,(H,22,24);2-9H,1H3,(H,15,16)/t14-;9-/m00/s1. The van der Waals surface area contributed by atoms with Crippen molar-refractivity contribution in [3.05, 3.63) is 132 Å². The van der Waals surface area contributed by atoms with Gasteiger partial charge in [-0.2, -0.15) is 0 Å². The van der Waals surface area contributed by atoms with Crippen LogP contribution < -0.4 is 10.6 Å². The first-order valence-electron chi connectivity index (χ1n) is 13.3. The molecule has 0 spiro atoms. The van der Waals surface area contributed by atoms with Crippen LogP contribution >= 0.6 is 11.6 Å². The van der Waals surface area contributed by atoms with E-state index >= 15 is 0 Å². The highest BCUT2D eigenvalue weighted by Gasteiger charge is 2.12. The molecule has 206 valence electrons. The summed E-state index contributed by atoms with van der Waals surface area (Å²) in [7, 11) is 0. The summed E-state index contributed by atoms with van der Waals surface area (Å²) >= 11 is 5.76. The Morgan fingerprint density at radius 1 is 0.634 bits per heavy atom. The lowest BCUT2D eigenvalue weighted by atomic mass is 10.1. The SMILES string of the molecule is C[C@H](Nc1cncc(Cl)n1)c1ccccc1.Cc1nc2ccccc2n1-c1cncc(N[C@@H](C)c2ccccc2)n1. The maximum absolute atomic E-state index is 5.76. The van der Waals surface area contributed by atoms with Gasteiger partial charge in [0.1, 0.15) is 22.6 Å². The van der Waals surface area contributed by atoms with Crippen LogP contribution in [0.2, 0.25) is 5.15 Å². The van der Waals surface area contributed by atoms with Gasteiger partial charge in [-0.3, -0.25) is 14.5 Å². The monoisotopic (exact) mass is 562 g/mol. The summed E-state index contributed by atoms with van der Waals surface area (Å²) in [5, 5.41) is 7.06. The van der Waals surface area contributed by atoms with Gasteiger partial charge in [0, 0.05) is 12.1 Å². The number of rotatable bonds is 7. The molecule has 3 aromatic carbocycles. The molecule has 6 aromatic rings. The molecule has 0 bridgehead atoms. The summed E-state index contributed by atoms with van der Waals surface area (Å²) in [6.07, 6.45) is 6.68. The Labute approximate surface area is 244 Å². The number of nitrogens with one attached hydrogen (secondary N) is 2. The number of aromatic nitrogens is 6. The molecule has 2 atom stereocenters. The van der Waals surface area contributed by atoms with Crippen molar-refractivity contribution in [3.8, 4) is 5.82 Å². The Balaban J connectivity index is 0.000000182. The molecule has 0 unspecified atom stereocenters. The van der Waals surface area contributed by atoms with Crippen LogP contribution in [0.4, 0.5) is 11.6 Å². The van der Waals surface area contributed by atoms with Gasteiger partial charge in [-0.05, 0) is 44.0 Å². The quantitative estimate of drug-likeness (QED) is 0.207. The minimum absolute atomic E-state index is 0.145. The molecular weight excluding hydrogens is 532 g/mol. The van der Waals surface area contributed by atoms with Gasteiger partial charge in [0.05, 0.1) is 35.8 Å². The Morgan fingerprint density at radius 3 is 1.78 bits per heavy atom. The second-order valence-corrected chi connectivity index (χ2v) is 9.91. The number of hydrogen-bond acceptors (Lipinski definition) is 7. The van der Waals surface area contributed by atoms with E-state index in [2.05, 4.69) is 68.7 Å². The second kappa shape index (κ2) is 13.0. The van der Waals surface area contributed by atoms with Crippen LogP contribution in [0.3, 0.4) is 0 Å². The number of nitrogens with zero attached hydrogens (tertiary/aromatic N) is 6. The molecule has 0 saturated carbocycles. The van der Waals surface area contributed by atoms with Crippen LogP contribution in [-0.4, -0.2) is 29.5 Å². The van der Waals surface area contributed by atoms with Crippen molar-refractivity contribution in [3.63, 3.8) is 0 Å². The number of fused-ring (bicyclic) bond motifs is 1. The lowest BCUT2D eigenvalue weighted by Gasteiger charge is -2.15. The first-order chi connectivity index (χ1) is 20.0. The number of benzene rings is 3. The molecule has 2 N–H and O–H groups in total. The van der Waals surface area contributed by atoms with Crippen molar-refractivity contribution in [2.24, 2.45) is 0 Å². The first-order valence-corrected chi connectivity index (χ1v) is 13.7. The second-order valence-electron chi connectivity index (χ2n) is 9.53. The molecule has 41 heavy (non-hydrogen) atoms. The number of imidazole rings is 1. The Kier molecular flexibility index (Phi) is 8.81. The van der Waals surface area contributed by atoms with Crippen molar-refractivity contribution in [2.45, 2.75) is 32.9 Å². The Bertz CT molecular complexity index is 1710. The van der Waals surface area contributed by atoms with Gasteiger partial charge in [-0.15, -0.1) is 0 Å². The summed E-state index contributed by atoms with van der Waals surface area (Å²) in [5.41, 5.74) is 4.39. The summed E-state index contributed by atoms with van der Waals surface area (Å²) in [4.78, 5) is 21.8. The van der Waals surface area contributed by atoms with E-state index in [9.17, 15) is 0 Å². The third-order valence-electron chi connectivity index (χ3n) is 6.51. The molecule has 0 radical (unpaired) electrons. The lowest BCUT2D eigenvalue weighted by molar-refractivity contribution is 0.861. The topological polar surface area (TPSA) is 93.4 Å². The van der Waals surface area contributed by atoms with Crippen molar-refractivity contribution in [2.75, 3.05) is 10.6 Å². The third-order valence-corrected chi connectivity index (χ3v) is 6.69. The van der Waals surface area contributed by atoms with Crippen molar-refractivity contribution in [1.29, 1.82) is 0 Å². The van der Waals surface area contributed by atoms with Gasteiger partial charge >= 0.3 is 0 Å². The highest BCUT2D eigenvalue weighted by atomic mass is 35.5. The van der Waals surface area contributed by atoms with Gasteiger partial charge in [-0.25, -0.2) is 15.0 Å². The number of para-hydroxylation sites is 2. The van der Waals surface area contributed by atoms with Crippen LogP contribution in [0, 0.1) is 6.92 Å². The minimum Gasteiger partial charge on any atom is -0.362 e. The van der Waals surface area contributed by atoms with E-state index in [0.717, 1.165) is 28.5 Å². The average Bonchev–Trinajstić information content (AvgIpc) is 3.34. The summed E-state index contributed by atoms with van der Waals surface area (Å²) in [5.74, 6) is 3.08. The maximum Gasteiger partial charge on any atom is 0.159 e. The normalized spacial score (nSPS) is 12.2. The van der Waals surface area contributed by atoms with Gasteiger partial charge in [0.2, 0.25) is 0 Å². The molecule has 6 rings (SSSR count). The highest BCUT2D eigenvalue weighted by molar-refractivity contribution is 6.29. The van der Waals surface area contributed by atoms with Crippen LogP contribution in [-0.2, 0) is 0 Å². The smallest absolute Gasteiger partial charge is 0.159 e. The van der Waals surface area contributed by atoms with E-state index in [1.807, 2.05) is 72.2 Å². The van der Waals surface area contributed by atoms with Gasteiger partial charge < -0.3 is 10.6 Å². The Hall–Kier alpha value is -4.82. The predicted octanol–water partition coefficient (Wildman–Crippen LogP) is 7.60. The molecule has 0 aliphatic carbocycles. The van der Waals surface area contributed by atoms with Crippen LogP contribution in [0.25, 0.3) is 16.9 Å². The number of hydrogen-bond donors (Lipinski definition) is 2. The average molecular weight is 563 g/mol. The number of anilines is 2. The van der Waals surface area contributed by atoms with E-state index in [-0.39, 0.29) is 12.1 Å². The zero-order valence-corrected chi connectivity index (χ0v) is 23.9. The third kappa shape index (κ3) is 7.04. The number of aryl methyl sites for hydroxylation is 1. The molecule has 0 amide bonds. The zero-order valence-electron chi connectivity index (χ0n) is 23.1. The van der Waals surface area contributed by atoms with Gasteiger partial charge in [0.25, 0.3) is 0 Å². The van der Waals surface area contributed by atoms with Crippen LogP contribution in [0.5, 0.6) is 0 Å². The first kappa shape index (κ1) is 27.7. The minimum atomic E-state index is 0.145. The fourth-order valence-corrected chi connectivity index (χ4v) is 4.62. The molecule has 0 aliphatic rings. The van der Waals surface area contributed by atoms with Crippen LogP contribution in [0.1, 0.15) is 42.9 Å². The summed E-state index contributed by atoms with van der Waals surface area (Å²) in [6.45, 7) is 6.16. The largest absolute Gasteiger partial charge is 0.362 e. The molecule has 9 heteroatoms. The van der Waals surface area contributed by atoms with E-state index in [4.69, 9.17) is 16.6 Å². The highest BCUT2D eigenvalue weighted by Crippen LogP contribution is 2.22. The number of halogens is 1. The molecular formula is C32H31ClN8. The van der Waals surface area contributed by atoms with Gasteiger partial charge in [-0.1, -0.05) is 84.4 Å². The molecule has 3 aromatic heterocycles. The fraction of sp³-hybridized carbons (Fsp3) is 0.156. The molecule has 3 heterocycles. The lowest BCUT2D eigenvalue weighted by Crippen LogP contribution is -2.10. The van der Waals surface area contributed by atoms with Crippen molar-refractivity contribution < 1.29 is 0 Å². The maximum atomic E-state index is 5.76. The van der Waals surface area contributed by atoms with E-state index in [1.54, 1.807) is 18.6 Å². The molecule has 0 aliphatic heterocycles. The van der Waals surface area contributed by atoms with Crippen molar-refractivity contribution >= 4 is 34.3 Å². The van der Waals surface area contributed by atoms with Crippen molar-refractivity contribution in [1.82, 2.24) is 29.5 Å². The predicted molar refractivity (Wildman–Crippen MR) is 165 cm³/mol. The van der Waals surface area contributed by atoms with Crippen LogP contribution in [0.15, 0.2) is 110 Å². The van der Waals surface area contributed by atoms with E-state index < -0.39 is 0 Å².